The third-order valence-corrected chi connectivity index (χ3v) is 7.20. The molecule has 5 nitrogen and oxygen atoms in total. The lowest BCUT2D eigenvalue weighted by Crippen LogP contribution is -2.37. The van der Waals surface area contributed by atoms with Crippen LogP contribution in [0.4, 0.5) is 5.82 Å². The van der Waals surface area contributed by atoms with Gasteiger partial charge in [0.05, 0.1) is 17.6 Å². The third kappa shape index (κ3) is 3.80. The van der Waals surface area contributed by atoms with E-state index in [1.54, 1.807) is 11.8 Å². The molecule has 1 fully saturated rings. The lowest BCUT2D eigenvalue weighted by Gasteiger charge is -2.29. The van der Waals surface area contributed by atoms with Crippen LogP contribution in [-0.2, 0) is 0 Å². The molecule has 1 atom stereocenters. The number of piperidine rings is 1. The van der Waals surface area contributed by atoms with Gasteiger partial charge in [-0.15, -0.1) is 11.8 Å². The Morgan fingerprint density at radius 3 is 2.65 bits per heavy atom. The average molecular weight is 434 g/mol. The summed E-state index contributed by atoms with van der Waals surface area (Å²) in [4.78, 5) is 17.2. The highest BCUT2D eigenvalue weighted by molar-refractivity contribution is 7.98. The van der Waals surface area contributed by atoms with E-state index in [1.807, 2.05) is 6.92 Å². The Kier molecular flexibility index (Phi) is 5.98. The summed E-state index contributed by atoms with van der Waals surface area (Å²) in [7, 11) is 0. The first-order valence-electron chi connectivity index (χ1n) is 11.0. The molecule has 162 valence electrons. The van der Waals surface area contributed by atoms with Crippen molar-refractivity contribution in [1.82, 2.24) is 14.5 Å². The van der Waals surface area contributed by atoms with Gasteiger partial charge in [-0.05, 0) is 62.6 Å². The smallest absolute Gasteiger partial charge is 0.241 e. The lowest BCUT2D eigenvalue weighted by molar-refractivity contribution is 0.547. The van der Waals surface area contributed by atoms with Crippen molar-refractivity contribution in [2.75, 3.05) is 24.2 Å². The topological polar surface area (TPSA) is 38.3 Å². The number of anilines is 1. The van der Waals surface area contributed by atoms with Gasteiger partial charge in [0.25, 0.3) is 0 Å². The molecule has 1 aliphatic heterocycles. The van der Waals surface area contributed by atoms with Crippen molar-refractivity contribution in [3.05, 3.63) is 52.3 Å². The fraction of sp³-hybridized carbons (Fsp3) is 0.480. The average Bonchev–Trinajstić information content (AvgIpc) is 3.02. The van der Waals surface area contributed by atoms with Crippen molar-refractivity contribution in [3.63, 3.8) is 0 Å². The molecule has 0 saturated carbocycles. The second kappa shape index (κ2) is 8.55. The van der Waals surface area contributed by atoms with Gasteiger partial charge in [0.15, 0.2) is 5.65 Å². The maximum atomic E-state index is 7.50. The zero-order chi connectivity index (χ0) is 22.3. The van der Waals surface area contributed by atoms with Gasteiger partial charge in [0.2, 0.25) is 6.04 Å². The highest BCUT2D eigenvalue weighted by Crippen LogP contribution is 2.37. The predicted octanol–water partition coefficient (Wildman–Crippen LogP) is 6.08. The minimum Gasteiger partial charge on any atom is -0.348 e. The summed E-state index contributed by atoms with van der Waals surface area (Å²) in [5.74, 6) is 2.25. The van der Waals surface area contributed by atoms with Crippen LogP contribution in [0.5, 0.6) is 0 Å². The summed E-state index contributed by atoms with van der Waals surface area (Å²) in [5.41, 5.74) is 5.91. The fourth-order valence-electron chi connectivity index (χ4n) is 4.56. The van der Waals surface area contributed by atoms with Crippen LogP contribution in [0, 0.1) is 27.3 Å². The summed E-state index contributed by atoms with van der Waals surface area (Å²) < 4.78 is 2.30. The van der Waals surface area contributed by atoms with E-state index in [2.05, 4.69) is 66.5 Å². The van der Waals surface area contributed by atoms with E-state index in [9.17, 15) is 0 Å². The molecule has 0 radical (unpaired) electrons. The van der Waals surface area contributed by atoms with Gasteiger partial charge in [0, 0.05) is 23.6 Å². The largest absolute Gasteiger partial charge is 0.348 e. The molecule has 0 bridgehead atoms. The minimum atomic E-state index is 0.0502. The van der Waals surface area contributed by atoms with Gasteiger partial charge in [-0.25, -0.2) is 16.5 Å². The van der Waals surface area contributed by atoms with Crippen molar-refractivity contribution in [2.45, 2.75) is 64.3 Å². The molecule has 6 heteroatoms. The molecule has 4 rings (SSSR count). The van der Waals surface area contributed by atoms with Crippen molar-refractivity contribution in [1.29, 1.82) is 0 Å². The van der Waals surface area contributed by atoms with Gasteiger partial charge in [-0.1, -0.05) is 19.9 Å². The molecule has 0 N–H and O–H groups in total. The second-order valence-electron chi connectivity index (χ2n) is 8.80. The summed E-state index contributed by atoms with van der Waals surface area (Å²) in [6.45, 7) is 20.0. The maximum Gasteiger partial charge on any atom is 0.241 e. The molecule has 0 aliphatic carbocycles. The number of rotatable bonds is 4. The monoisotopic (exact) mass is 433 g/mol. The van der Waals surface area contributed by atoms with Crippen molar-refractivity contribution >= 4 is 28.6 Å². The number of fused-ring (bicyclic) bond motifs is 1. The Hall–Kier alpha value is -2.52. The van der Waals surface area contributed by atoms with E-state index in [0.717, 1.165) is 48.6 Å². The highest BCUT2D eigenvalue weighted by atomic mass is 32.2. The van der Waals surface area contributed by atoms with E-state index >= 15 is 0 Å². The maximum absolute atomic E-state index is 7.50. The van der Waals surface area contributed by atoms with Gasteiger partial charge in [-0.3, -0.25) is 4.57 Å². The van der Waals surface area contributed by atoms with Gasteiger partial charge in [-0.2, -0.15) is 0 Å². The molecular weight excluding hydrogens is 402 g/mol. The summed E-state index contributed by atoms with van der Waals surface area (Å²) in [6, 6.07) is 6.83. The number of thioether (sulfide) groups is 1. The minimum absolute atomic E-state index is 0.0502. The van der Waals surface area contributed by atoms with E-state index in [0.29, 0.717) is 5.92 Å². The van der Waals surface area contributed by atoms with Crippen LogP contribution >= 0.6 is 11.8 Å². The molecule has 3 aromatic rings. The van der Waals surface area contributed by atoms with Crippen LogP contribution in [0.25, 0.3) is 21.6 Å². The molecule has 1 saturated heterocycles. The first-order chi connectivity index (χ1) is 14.8. The normalized spacial score (nSPS) is 16.8. The van der Waals surface area contributed by atoms with Gasteiger partial charge < -0.3 is 9.74 Å². The van der Waals surface area contributed by atoms with Crippen LogP contribution in [-0.4, -0.2) is 39.9 Å². The van der Waals surface area contributed by atoms with Crippen molar-refractivity contribution in [2.24, 2.45) is 0 Å². The Bertz CT molecular complexity index is 1170. The predicted molar refractivity (Wildman–Crippen MR) is 131 cm³/mol. The molecule has 0 spiro atoms. The van der Waals surface area contributed by atoms with Gasteiger partial charge >= 0.3 is 0 Å². The Balaban J connectivity index is 1.95. The SMILES string of the molecule is [C-]#[N+]C1CCCN(c2nc(C)nc3c2c(C)c(C)n3-c2ccc(C(C)C)cc2SC)C1. The number of benzene rings is 1. The van der Waals surface area contributed by atoms with Crippen LogP contribution in [0.2, 0.25) is 0 Å². The number of aryl methyl sites for hydroxylation is 2. The van der Waals surface area contributed by atoms with E-state index in [-0.39, 0.29) is 6.04 Å². The number of nitrogens with zero attached hydrogens (tertiary/aromatic N) is 5. The second-order valence-corrected chi connectivity index (χ2v) is 9.64. The highest BCUT2D eigenvalue weighted by Gasteiger charge is 2.28. The number of aromatic nitrogens is 3. The standard InChI is InChI=1S/C25H31N5S/c1-15(2)19-10-11-21(22(13-19)31-7)30-17(4)16(3)23-24(27-18(5)28-25(23)30)29-12-8-9-20(14-29)26-6/h10-11,13,15,20H,8-9,12,14H2,1-5,7H3. The first kappa shape index (κ1) is 21.7. The van der Waals surface area contributed by atoms with Crippen molar-refractivity contribution < 1.29 is 0 Å². The summed E-state index contributed by atoms with van der Waals surface area (Å²) in [5, 5.41) is 1.12. The van der Waals surface area contributed by atoms with Crippen molar-refractivity contribution in [3.8, 4) is 5.69 Å². The fourth-order valence-corrected chi connectivity index (χ4v) is 5.18. The molecule has 2 aromatic heterocycles. The van der Waals surface area contributed by atoms with E-state index in [1.165, 1.54) is 27.4 Å². The molecule has 3 heterocycles. The zero-order valence-electron chi connectivity index (χ0n) is 19.4. The Labute approximate surface area is 189 Å². The summed E-state index contributed by atoms with van der Waals surface area (Å²) >= 11 is 1.78. The molecular formula is C25H31N5S. The van der Waals surface area contributed by atoms with Crippen LogP contribution in [0.1, 0.15) is 55.3 Å². The summed E-state index contributed by atoms with van der Waals surface area (Å²) in [6.07, 6.45) is 4.15. The van der Waals surface area contributed by atoms with Crippen LogP contribution in [0.15, 0.2) is 23.1 Å². The molecule has 31 heavy (non-hydrogen) atoms. The van der Waals surface area contributed by atoms with Gasteiger partial charge in [0.1, 0.15) is 11.6 Å². The lowest BCUT2D eigenvalue weighted by atomic mass is 10.0. The molecule has 1 aliphatic rings. The Morgan fingerprint density at radius 2 is 1.97 bits per heavy atom. The van der Waals surface area contributed by atoms with E-state index < -0.39 is 0 Å². The van der Waals surface area contributed by atoms with E-state index in [4.69, 9.17) is 16.5 Å². The molecule has 1 aromatic carbocycles. The third-order valence-electron chi connectivity index (χ3n) is 6.44. The van der Waals surface area contributed by atoms with Crippen LogP contribution in [0.3, 0.4) is 0 Å². The first-order valence-corrected chi connectivity index (χ1v) is 12.2. The van der Waals surface area contributed by atoms with Crippen LogP contribution < -0.4 is 4.90 Å². The number of hydrogen-bond donors (Lipinski definition) is 0. The zero-order valence-corrected chi connectivity index (χ0v) is 20.2. The molecule has 1 unspecified atom stereocenters. The molecule has 0 amide bonds. The quantitative estimate of drug-likeness (QED) is 0.369. The number of hydrogen-bond acceptors (Lipinski definition) is 4. The Morgan fingerprint density at radius 1 is 1.19 bits per heavy atom.